The third-order valence-electron chi connectivity index (χ3n) is 5.90. The maximum Gasteiger partial charge on any atom is 0.430 e. The van der Waals surface area contributed by atoms with Crippen LogP contribution in [-0.2, 0) is 12.1 Å². The first-order valence-corrected chi connectivity index (χ1v) is 10.8. The molecule has 0 spiro atoms. The second-order valence-corrected chi connectivity index (χ2v) is 8.95. The van der Waals surface area contributed by atoms with Crippen LogP contribution >= 0.6 is 0 Å². The number of hydrogen-bond acceptors (Lipinski definition) is 3. The van der Waals surface area contributed by atoms with Crippen LogP contribution in [0.3, 0.4) is 0 Å². The Labute approximate surface area is 189 Å². The lowest BCUT2D eigenvalue weighted by atomic mass is 9.90. The van der Waals surface area contributed by atoms with E-state index in [1.807, 2.05) is 12.1 Å². The van der Waals surface area contributed by atoms with Crippen molar-refractivity contribution in [1.29, 1.82) is 0 Å². The van der Waals surface area contributed by atoms with Crippen LogP contribution in [0.1, 0.15) is 25.0 Å². The van der Waals surface area contributed by atoms with E-state index in [1.165, 1.54) is 0 Å². The van der Waals surface area contributed by atoms with Crippen molar-refractivity contribution in [3.8, 4) is 11.1 Å². The number of rotatable bonds is 6. The van der Waals surface area contributed by atoms with Gasteiger partial charge in [0, 0.05) is 44.8 Å². The molecular formula is C24H28F6N2O. The van der Waals surface area contributed by atoms with Crippen LogP contribution in [0.4, 0.5) is 26.3 Å². The summed E-state index contributed by atoms with van der Waals surface area (Å²) in [7, 11) is 0. The molecule has 0 aromatic heterocycles. The Balaban J connectivity index is 1.67. The molecule has 9 heteroatoms. The Hall–Kier alpha value is -2.10. The van der Waals surface area contributed by atoms with Crippen molar-refractivity contribution in [1.82, 2.24) is 9.80 Å². The number of nitrogens with zero attached hydrogens (tertiary/aromatic N) is 2. The molecule has 33 heavy (non-hydrogen) atoms. The van der Waals surface area contributed by atoms with Gasteiger partial charge in [0.1, 0.15) is 0 Å². The van der Waals surface area contributed by atoms with Crippen LogP contribution in [0.15, 0.2) is 48.5 Å². The molecule has 0 atom stereocenters. The van der Waals surface area contributed by atoms with Crippen molar-refractivity contribution in [3.05, 3.63) is 59.7 Å². The molecule has 1 aliphatic rings. The summed E-state index contributed by atoms with van der Waals surface area (Å²) in [6.07, 6.45) is -11.8. The standard InChI is InChI=1S/C24H28F6N2O/c1-17(2)15-31-11-13-32(14-12-31)16-18-3-5-19(6-4-18)20-7-9-21(10-8-20)22(33,23(25,26)27)24(28,29)30/h3-10,17,33H,11-16H2,1-2H3. The van der Waals surface area contributed by atoms with Gasteiger partial charge in [-0.15, -0.1) is 0 Å². The summed E-state index contributed by atoms with van der Waals surface area (Å²) in [6, 6.07) is 11.0. The van der Waals surface area contributed by atoms with Gasteiger partial charge in [0.25, 0.3) is 5.60 Å². The van der Waals surface area contributed by atoms with Crippen molar-refractivity contribution in [2.24, 2.45) is 5.92 Å². The van der Waals surface area contributed by atoms with Gasteiger partial charge in [-0.1, -0.05) is 62.4 Å². The largest absolute Gasteiger partial charge is 0.430 e. The smallest absolute Gasteiger partial charge is 0.369 e. The van der Waals surface area contributed by atoms with E-state index >= 15 is 0 Å². The molecule has 1 saturated heterocycles. The number of benzene rings is 2. The van der Waals surface area contributed by atoms with E-state index in [4.69, 9.17) is 0 Å². The summed E-state index contributed by atoms with van der Waals surface area (Å²) in [5.41, 5.74) is -3.98. The minimum absolute atomic E-state index is 0.458. The van der Waals surface area contributed by atoms with Crippen molar-refractivity contribution < 1.29 is 31.4 Å². The van der Waals surface area contributed by atoms with E-state index in [0.717, 1.165) is 57.0 Å². The van der Waals surface area contributed by atoms with Gasteiger partial charge in [-0.3, -0.25) is 4.90 Å². The molecule has 3 rings (SSSR count). The van der Waals surface area contributed by atoms with Crippen molar-refractivity contribution in [2.45, 2.75) is 38.3 Å². The highest BCUT2D eigenvalue weighted by Gasteiger charge is 2.71. The minimum atomic E-state index is -5.89. The first-order chi connectivity index (χ1) is 15.3. The van der Waals surface area contributed by atoms with Crippen LogP contribution < -0.4 is 0 Å². The van der Waals surface area contributed by atoms with Gasteiger partial charge in [0.05, 0.1) is 0 Å². The Morgan fingerprint density at radius 1 is 0.727 bits per heavy atom. The molecule has 3 nitrogen and oxygen atoms in total. The van der Waals surface area contributed by atoms with Gasteiger partial charge >= 0.3 is 12.4 Å². The summed E-state index contributed by atoms with van der Waals surface area (Å²) in [5.74, 6) is 0.633. The van der Waals surface area contributed by atoms with Crippen LogP contribution in [-0.4, -0.2) is 60.0 Å². The first kappa shape index (κ1) is 25.5. The number of aliphatic hydroxyl groups is 1. The van der Waals surface area contributed by atoms with E-state index in [9.17, 15) is 31.4 Å². The fourth-order valence-corrected chi connectivity index (χ4v) is 4.10. The topological polar surface area (TPSA) is 26.7 Å². The summed E-state index contributed by atoms with van der Waals surface area (Å²) >= 11 is 0. The zero-order valence-electron chi connectivity index (χ0n) is 18.5. The second-order valence-electron chi connectivity index (χ2n) is 8.95. The molecule has 2 aromatic carbocycles. The van der Waals surface area contributed by atoms with E-state index < -0.39 is 23.5 Å². The normalized spacial score (nSPS) is 17.0. The quantitative estimate of drug-likeness (QED) is 0.565. The average molecular weight is 474 g/mol. The average Bonchev–Trinajstić information content (AvgIpc) is 2.73. The Morgan fingerprint density at radius 2 is 1.15 bits per heavy atom. The highest BCUT2D eigenvalue weighted by atomic mass is 19.4. The zero-order valence-corrected chi connectivity index (χ0v) is 18.5. The Morgan fingerprint density at radius 3 is 1.58 bits per heavy atom. The molecule has 182 valence electrons. The Kier molecular flexibility index (Phi) is 7.45. The first-order valence-electron chi connectivity index (χ1n) is 10.8. The maximum atomic E-state index is 13.0. The van der Waals surface area contributed by atoms with E-state index in [0.29, 0.717) is 29.2 Å². The predicted molar refractivity (Wildman–Crippen MR) is 114 cm³/mol. The molecular weight excluding hydrogens is 446 g/mol. The molecule has 0 radical (unpaired) electrons. The lowest BCUT2D eigenvalue weighted by Gasteiger charge is -2.35. The molecule has 0 unspecified atom stereocenters. The molecule has 0 saturated carbocycles. The van der Waals surface area contributed by atoms with Crippen molar-refractivity contribution in [3.63, 3.8) is 0 Å². The highest BCUT2D eigenvalue weighted by molar-refractivity contribution is 5.64. The van der Waals surface area contributed by atoms with Gasteiger partial charge in [0.15, 0.2) is 0 Å². The van der Waals surface area contributed by atoms with Gasteiger partial charge in [-0.25, -0.2) is 0 Å². The summed E-state index contributed by atoms with van der Waals surface area (Å²) in [4.78, 5) is 4.81. The summed E-state index contributed by atoms with van der Waals surface area (Å²) < 4.78 is 78.3. The monoisotopic (exact) mass is 474 g/mol. The van der Waals surface area contributed by atoms with Crippen LogP contribution in [0.25, 0.3) is 11.1 Å². The third kappa shape index (κ3) is 5.70. The molecule has 1 heterocycles. The predicted octanol–water partition coefficient (Wildman–Crippen LogP) is 5.44. The Bertz CT molecular complexity index is 885. The molecule has 2 aromatic rings. The van der Waals surface area contributed by atoms with Gasteiger partial charge in [-0.05, 0) is 22.6 Å². The number of alkyl halides is 6. The summed E-state index contributed by atoms with van der Waals surface area (Å²) in [5, 5.41) is 9.51. The van der Waals surface area contributed by atoms with Crippen LogP contribution in [0.5, 0.6) is 0 Å². The molecule has 1 aliphatic heterocycles. The lowest BCUT2D eigenvalue weighted by molar-refractivity contribution is -0.376. The van der Waals surface area contributed by atoms with Gasteiger partial charge in [-0.2, -0.15) is 26.3 Å². The molecule has 0 aliphatic carbocycles. The van der Waals surface area contributed by atoms with E-state index in [2.05, 4.69) is 23.6 Å². The number of halogens is 6. The van der Waals surface area contributed by atoms with Crippen LogP contribution in [0, 0.1) is 5.92 Å². The summed E-state index contributed by atoms with van der Waals surface area (Å²) in [6.45, 7) is 10.2. The molecule has 1 fully saturated rings. The molecule has 1 N–H and O–H groups in total. The maximum absolute atomic E-state index is 13.0. The fourth-order valence-electron chi connectivity index (χ4n) is 4.10. The van der Waals surface area contributed by atoms with Crippen molar-refractivity contribution >= 4 is 0 Å². The zero-order chi connectivity index (χ0) is 24.4. The minimum Gasteiger partial charge on any atom is -0.369 e. The lowest BCUT2D eigenvalue weighted by Crippen LogP contribution is -2.53. The highest BCUT2D eigenvalue weighted by Crippen LogP contribution is 2.50. The van der Waals surface area contributed by atoms with E-state index in [-0.39, 0.29) is 0 Å². The SMILES string of the molecule is CC(C)CN1CCN(Cc2ccc(-c3ccc(C(O)(C(F)(F)F)C(F)(F)F)cc3)cc2)CC1. The van der Waals surface area contributed by atoms with E-state index in [1.54, 1.807) is 12.1 Å². The fraction of sp³-hybridized carbons (Fsp3) is 0.500. The molecule has 0 bridgehead atoms. The van der Waals surface area contributed by atoms with Gasteiger partial charge in [0.2, 0.25) is 0 Å². The van der Waals surface area contributed by atoms with Crippen molar-refractivity contribution in [2.75, 3.05) is 32.7 Å². The van der Waals surface area contributed by atoms with Crippen LogP contribution in [0.2, 0.25) is 0 Å². The number of hydrogen-bond donors (Lipinski definition) is 1. The van der Waals surface area contributed by atoms with Gasteiger partial charge < -0.3 is 10.0 Å². The molecule has 0 amide bonds. The second kappa shape index (κ2) is 9.64. The number of piperazine rings is 1. The third-order valence-corrected chi connectivity index (χ3v) is 5.90.